The van der Waals surface area contributed by atoms with Crippen LogP contribution in [0.2, 0.25) is 0 Å². The number of nitrogens with one attached hydrogen (secondary N) is 1. The fourth-order valence-electron chi connectivity index (χ4n) is 2.21. The molecule has 23 heavy (non-hydrogen) atoms. The van der Waals surface area contributed by atoms with Crippen LogP contribution in [-0.2, 0) is 9.57 Å². The minimum absolute atomic E-state index is 0. The largest absolute Gasteiger partial charge is 0.376 e. The molecule has 1 N–H and O–H groups in total. The van der Waals surface area contributed by atoms with Gasteiger partial charge >= 0.3 is 0 Å². The maximum Gasteiger partial charge on any atom is 0.274 e. The Bertz CT molecular complexity index is 528. The minimum atomic E-state index is -0.256. The van der Waals surface area contributed by atoms with Crippen molar-refractivity contribution in [1.29, 1.82) is 0 Å². The molecule has 1 fully saturated rings. The SMILES string of the molecule is CN=C(C)N(C)c1ccc(C(=O)NOCC2CCCO2)cc1.Cl. The predicted molar refractivity (Wildman–Crippen MR) is 93.5 cm³/mol. The van der Waals surface area contributed by atoms with Crippen LogP contribution in [0.3, 0.4) is 0 Å². The van der Waals surface area contributed by atoms with Gasteiger partial charge in [-0.15, -0.1) is 12.4 Å². The van der Waals surface area contributed by atoms with Gasteiger partial charge in [0.1, 0.15) is 6.61 Å². The fourth-order valence-corrected chi connectivity index (χ4v) is 2.21. The van der Waals surface area contributed by atoms with Crippen molar-refractivity contribution < 1.29 is 14.4 Å². The molecule has 128 valence electrons. The van der Waals surface area contributed by atoms with Gasteiger partial charge in [0.15, 0.2) is 0 Å². The van der Waals surface area contributed by atoms with E-state index in [-0.39, 0.29) is 24.4 Å². The Balaban J connectivity index is 0.00000264. The number of rotatable bonds is 5. The summed E-state index contributed by atoms with van der Waals surface area (Å²) < 4.78 is 5.42. The Morgan fingerprint density at radius 1 is 1.43 bits per heavy atom. The molecule has 1 heterocycles. The van der Waals surface area contributed by atoms with Crippen molar-refractivity contribution in [2.45, 2.75) is 25.9 Å². The van der Waals surface area contributed by atoms with E-state index in [0.717, 1.165) is 31.0 Å². The first kappa shape index (κ1) is 19.4. The van der Waals surface area contributed by atoms with Crippen molar-refractivity contribution in [2.24, 2.45) is 4.99 Å². The zero-order valence-electron chi connectivity index (χ0n) is 13.7. The lowest BCUT2D eigenvalue weighted by atomic mass is 10.2. The van der Waals surface area contributed by atoms with E-state index in [1.54, 1.807) is 19.2 Å². The van der Waals surface area contributed by atoms with Gasteiger partial charge in [0, 0.05) is 32.0 Å². The van der Waals surface area contributed by atoms with Gasteiger partial charge < -0.3 is 9.64 Å². The normalized spacial score (nSPS) is 17.5. The summed E-state index contributed by atoms with van der Waals surface area (Å²) in [5.41, 5.74) is 3.98. The third kappa shape index (κ3) is 5.49. The van der Waals surface area contributed by atoms with Crippen molar-refractivity contribution >= 4 is 29.8 Å². The van der Waals surface area contributed by atoms with Crippen molar-refractivity contribution in [3.63, 3.8) is 0 Å². The lowest BCUT2D eigenvalue weighted by molar-refractivity contribution is -0.0220. The molecule has 1 aromatic carbocycles. The predicted octanol–water partition coefficient (Wildman–Crippen LogP) is 2.43. The maximum atomic E-state index is 12.0. The summed E-state index contributed by atoms with van der Waals surface area (Å²) in [5.74, 6) is 0.644. The molecule has 0 spiro atoms. The van der Waals surface area contributed by atoms with Gasteiger partial charge in [-0.25, -0.2) is 5.48 Å². The van der Waals surface area contributed by atoms with Crippen LogP contribution in [0, 0.1) is 0 Å². The second-order valence-corrected chi connectivity index (χ2v) is 5.25. The highest BCUT2D eigenvalue weighted by atomic mass is 35.5. The van der Waals surface area contributed by atoms with E-state index >= 15 is 0 Å². The second kappa shape index (κ2) is 9.50. The van der Waals surface area contributed by atoms with Crippen molar-refractivity contribution in [3.05, 3.63) is 29.8 Å². The van der Waals surface area contributed by atoms with Gasteiger partial charge in [-0.2, -0.15) is 0 Å². The van der Waals surface area contributed by atoms with Crippen LogP contribution in [0.5, 0.6) is 0 Å². The molecule has 1 unspecified atom stereocenters. The van der Waals surface area contributed by atoms with Crippen LogP contribution in [0.15, 0.2) is 29.3 Å². The molecular weight excluding hydrogens is 318 g/mol. The zero-order valence-corrected chi connectivity index (χ0v) is 14.6. The van der Waals surface area contributed by atoms with Crippen LogP contribution in [0.1, 0.15) is 30.1 Å². The van der Waals surface area contributed by atoms with E-state index in [4.69, 9.17) is 9.57 Å². The van der Waals surface area contributed by atoms with Crippen LogP contribution >= 0.6 is 12.4 Å². The molecule has 0 saturated carbocycles. The molecule has 1 amide bonds. The maximum absolute atomic E-state index is 12.0. The van der Waals surface area contributed by atoms with Crippen LogP contribution < -0.4 is 10.4 Å². The number of carbonyl (C=O) groups is 1. The number of nitrogens with zero attached hydrogens (tertiary/aromatic N) is 2. The van der Waals surface area contributed by atoms with Crippen molar-refractivity contribution in [1.82, 2.24) is 5.48 Å². The third-order valence-corrected chi connectivity index (χ3v) is 3.78. The fraction of sp³-hybridized carbons (Fsp3) is 0.500. The number of aliphatic imine (C=N–C) groups is 1. The number of amidine groups is 1. The molecular formula is C16H24ClN3O3. The first-order chi connectivity index (χ1) is 10.6. The highest BCUT2D eigenvalue weighted by Gasteiger charge is 2.16. The highest BCUT2D eigenvalue weighted by Crippen LogP contribution is 2.15. The van der Waals surface area contributed by atoms with Crippen LogP contribution in [0.25, 0.3) is 0 Å². The molecule has 1 saturated heterocycles. The van der Waals surface area contributed by atoms with E-state index < -0.39 is 0 Å². The molecule has 6 nitrogen and oxygen atoms in total. The quantitative estimate of drug-likeness (QED) is 0.507. The average molecular weight is 342 g/mol. The van der Waals surface area contributed by atoms with Gasteiger partial charge in [0.2, 0.25) is 0 Å². The lowest BCUT2D eigenvalue weighted by Gasteiger charge is -2.18. The van der Waals surface area contributed by atoms with E-state index in [1.807, 2.05) is 31.0 Å². The number of hydrogen-bond acceptors (Lipinski definition) is 4. The molecule has 7 heteroatoms. The number of benzene rings is 1. The van der Waals surface area contributed by atoms with Crippen LogP contribution in [0.4, 0.5) is 5.69 Å². The van der Waals surface area contributed by atoms with E-state index in [1.165, 1.54) is 0 Å². The van der Waals surface area contributed by atoms with E-state index in [2.05, 4.69) is 10.5 Å². The third-order valence-electron chi connectivity index (χ3n) is 3.78. The summed E-state index contributed by atoms with van der Waals surface area (Å²) in [5, 5.41) is 0. The zero-order chi connectivity index (χ0) is 15.9. The summed E-state index contributed by atoms with van der Waals surface area (Å²) in [6.07, 6.45) is 2.12. The molecule has 1 aromatic rings. The molecule has 1 aliphatic rings. The van der Waals surface area contributed by atoms with Crippen LogP contribution in [-0.4, -0.2) is 45.2 Å². The van der Waals surface area contributed by atoms with Crippen molar-refractivity contribution in [3.8, 4) is 0 Å². The Labute approximate surface area is 143 Å². The summed E-state index contributed by atoms with van der Waals surface area (Å²) in [6, 6.07) is 7.28. The Kier molecular flexibility index (Phi) is 8.02. The van der Waals surface area contributed by atoms with Gasteiger partial charge in [-0.3, -0.25) is 14.6 Å². The molecule has 0 radical (unpaired) electrons. The number of halogens is 1. The Morgan fingerprint density at radius 3 is 2.70 bits per heavy atom. The number of anilines is 1. The average Bonchev–Trinajstić information content (AvgIpc) is 3.06. The summed E-state index contributed by atoms with van der Waals surface area (Å²) in [6.45, 7) is 3.09. The standard InChI is InChI=1S/C16H23N3O3.ClH/c1-12(17-2)19(3)14-8-6-13(7-9-14)16(20)18-22-11-15-5-4-10-21-15;/h6-9,15H,4-5,10-11H2,1-3H3,(H,18,20);1H. The monoisotopic (exact) mass is 341 g/mol. The number of carbonyl (C=O) groups excluding carboxylic acids is 1. The smallest absolute Gasteiger partial charge is 0.274 e. The number of hydroxylamine groups is 1. The Hall–Kier alpha value is -1.63. The van der Waals surface area contributed by atoms with Gasteiger partial charge in [-0.05, 0) is 44.0 Å². The number of ether oxygens (including phenoxy) is 1. The first-order valence-electron chi connectivity index (χ1n) is 7.42. The molecule has 1 aliphatic heterocycles. The van der Waals surface area contributed by atoms with Gasteiger partial charge in [-0.1, -0.05) is 0 Å². The number of amides is 1. The summed E-state index contributed by atoms with van der Waals surface area (Å²) >= 11 is 0. The molecule has 0 aromatic heterocycles. The molecule has 1 atom stereocenters. The molecule has 2 rings (SSSR count). The summed E-state index contributed by atoms with van der Waals surface area (Å²) in [7, 11) is 3.68. The molecule has 0 bridgehead atoms. The van der Waals surface area contributed by atoms with Gasteiger partial charge in [0.25, 0.3) is 5.91 Å². The number of hydrogen-bond donors (Lipinski definition) is 1. The van der Waals surface area contributed by atoms with Gasteiger partial charge in [0.05, 0.1) is 11.9 Å². The van der Waals surface area contributed by atoms with Crippen molar-refractivity contribution in [2.75, 3.05) is 32.2 Å². The van der Waals surface area contributed by atoms with E-state index in [0.29, 0.717) is 12.2 Å². The Morgan fingerprint density at radius 2 is 2.13 bits per heavy atom. The van der Waals surface area contributed by atoms with E-state index in [9.17, 15) is 4.79 Å². The second-order valence-electron chi connectivity index (χ2n) is 5.25. The minimum Gasteiger partial charge on any atom is -0.376 e. The topological polar surface area (TPSA) is 63.2 Å². The first-order valence-corrected chi connectivity index (χ1v) is 7.42. The highest BCUT2D eigenvalue weighted by molar-refractivity contribution is 5.97. The summed E-state index contributed by atoms with van der Waals surface area (Å²) in [4.78, 5) is 23.3. The lowest BCUT2D eigenvalue weighted by Crippen LogP contribution is -2.28. The molecule has 0 aliphatic carbocycles.